The van der Waals surface area contributed by atoms with Gasteiger partial charge in [0.2, 0.25) is 10.0 Å². The average Bonchev–Trinajstić information content (AvgIpc) is 3.50. The van der Waals surface area contributed by atoms with Gasteiger partial charge in [0.05, 0.1) is 10.5 Å². The molecule has 1 aromatic carbocycles. The van der Waals surface area contributed by atoms with Gasteiger partial charge in [0.25, 0.3) is 5.91 Å². The lowest BCUT2D eigenvalue weighted by Crippen LogP contribution is -2.42. The zero-order chi connectivity index (χ0) is 21.0. The summed E-state index contributed by atoms with van der Waals surface area (Å²) in [7, 11) is -3.69. The number of aryl methyl sites for hydroxylation is 1. The number of imide groups is 1. The fourth-order valence-electron chi connectivity index (χ4n) is 3.06. The first-order valence-electron chi connectivity index (χ1n) is 9.65. The molecule has 1 saturated heterocycles. The van der Waals surface area contributed by atoms with Gasteiger partial charge < -0.3 is 10.1 Å². The molecule has 1 saturated carbocycles. The Labute approximate surface area is 169 Å². The first-order chi connectivity index (χ1) is 13.8. The van der Waals surface area contributed by atoms with Crippen LogP contribution >= 0.6 is 0 Å². The van der Waals surface area contributed by atoms with Crippen molar-refractivity contribution in [3.8, 4) is 0 Å². The highest BCUT2D eigenvalue weighted by Gasteiger charge is 2.28. The van der Waals surface area contributed by atoms with Crippen LogP contribution in [0.2, 0.25) is 0 Å². The minimum absolute atomic E-state index is 0.0187. The molecule has 1 aromatic rings. The van der Waals surface area contributed by atoms with Gasteiger partial charge in [-0.3, -0.25) is 10.1 Å². The molecule has 3 rings (SSSR count). The van der Waals surface area contributed by atoms with E-state index in [4.69, 9.17) is 4.74 Å². The van der Waals surface area contributed by atoms with Crippen molar-refractivity contribution in [3.05, 3.63) is 29.3 Å². The number of nitrogens with zero attached hydrogens (tertiary/aromatic N) is 1. The van der Waals surface area contributed by atoms with Gasteiger partial charge in [-0.1, -0.05) is 12.5 Å². The van der Waals surface area contributed by atoms with E-state index >= 15 is 0 Å². The number of carbonyl (C=O) groups excluding carboxylic acids is 3. The van der Waals surface area contributed by atoms with Crippen LogP contribution < -0.4 is 10.6 Å². The summed E-state index contributed by atoms with van der Waals surface area (Å²) < 4.78 is 32.0. The van der Waals surface area contributed by atoms with E-state index in [1.165, 1.54) is 22.5 Å². The van der Waals surface area contributed by atoms with Crippen LogP contribution in [0.5, 0.6) is 0 Å². The number of piperidine rings is 1. The lowest BCUT2D eigenvalue weighted by molar-refractivity contribution is -0.123. The van der Waals surface area contributed by atoms with Gasteiger partial charge in [-0.25, -0.2) is 18.0 Å². The number of benzene rings is 1. The molecule has 0 aromatic heterocycles. The Hall–Kier alpha value is -2.46. The van der Waals surface area contributed by atoms with Crippen LogP contribution in [0, 0.1) is 6.92 Å². The molecule has 2 N–H and O–H groups in total. The van der Waals surface area contributed by atoms with Crippen LogP contribution in [0.3, 0.4) is 0 Å². The van der Waals surface area contributed by atoms with Crippen LogP contribution in [-0.4, -0.2) is 56.4 Å². The van der Waals surface area contributed by atoms with Gasteiger partial charge in [0, 0.05) is 19.1 Å². The van der Waals surface area contributed by atoms with Crippen LogP contribution in [0.4, 0.5) is 4.79 Å². The number of sulfonamides is 1. The van der Waals surface area contributed by atoms with E-state index < -0.39 is 34.5 Å². The summed E-state index contributed by atoms with van der Waals surface area (Å²) in [6, 6.07) is 3.75. The molecule has 1 aliphatic heterocycles. The summed E-state index contributed by atoms with van der Waals surface area (Å²) in [5.41, 5.74) is 0.595. The molecule has 2 fully saturated rings. The Bertz CT molecular complexity index is 905. The van der Waals surface area contributed by atoms with E-state index in [0.29, 0.717) is 18.7 Å². The van der Waals surface area contributed by atoms with Crippen molar-refractivity contribution in [2.45, 2.75) is 50.0 Å². The molecular formula is C19H25N3O6S. The van der Waals surface area contributed by atoms with Crippen molar-refractivity contribution >= 4 is 27.9 Å². The highest BCUT2D eigenvalue weighted by molar-refractivity contribution is 7.89. The van der Waals surface area contributed by atoms with E-state index in [-0.39, 0.29) is 16.5 Å². The number of nitrogens with one attached hydrogen (secondary N) is 2. The van der Waals surface area contributed by atoms with E-state index in [0.717, 1.165) is 32.1 Å². The Morgan fingerprint density at radius 1 is 1.14 bits per heavy atom. The van der Waals surface area contributed by atoms with E-state index in [1.807, 2.05) is 0 Å². The third-order valence-corrected chi connectivity index (χ3v) is 6.78. The average molecular weight is 423 g/mol. The molecule has 158 valence electrons. The number of carbonyl (C=O) groups is 3. The number of amides is 3. The van der Waals surface area contributed by atoms with Crippen LogP contribution in [0.15, 0.2) is 23.1 Å². The molecule has 3 amide bonds. The monoisotopic (exact) mass is 423 g/mol. The van der Waals surface area contributed by atoms with Crippen molar-refractivity contribution in [1.82, 2.24) is 14.9 Å². The lowest BCUT2D eigenvalue weighted by Gasteiger charge is -2.26. The van der Waals surface area contributed by atoms with Crippen LogP contribution in [-0.2, 0) is 19.6 Å². The van der Waals surface area contributed by atoms with Gasteiger partial charge in [0.1, 0.15) is 0 Å². The highest BCUT2D eigenvalue weighted by Crippen LogP contribution is 2.23. The molecule has 0 unspecified atom stereocenters. The zero-order valence-corrected chi connectivity index (χ0v) is 17.1. The SMILES string of the molecule is Cc1ccc(S(=O)(=O)N2CCCCC2)cc1C(=O)OCC(=O)NC(=O)NC1CC1. The Morgan fingerprint density at radius 2 is 1.83 bits per heavy atom. The number of ether oxygens (including phenoxy) is 1. The predicted octanol–water partition coefficient (Wildman–Crippen LogP) is 1.31. The summed E-state index contributed by atoms with van der Waals surface area (Å²) in [6.07, 6.45) is 4.38. The quantitative estimate of drug-likeness (QED) is 0.666. The Morgan fingerprint density at radius 3 is 2.48 bits per heavy atom. The fourth-order valence-corrected chi connectivity index (χ4v) is 4.60. The van der Waals surface area contributed by atoms with Crippen LogP contribution in [0.25, 0.3) is 0 Å². The molecule has 1 aliphatic carbocycles. The molecule has 9 nitrogen and oxygen atoms in total. The maximum absolute atomic E-state index is 12.8. The van der Waals surface area contributed by atoms with E-state index in [1.54, 1.807) is 6.92 Å². The van der Waals surface area contributed by atoms with E-state index in [9.17, 15) is 22.8 Å². The molecular weight excluding hydrogens is 398 g/mol. The molecule has 0 bridgehead atoms. The summed E-state index contributed by atoms with van der Waals surface area (Å²) >= 11 is 0. The van der Waals surface area contributed by atoms with Crippen molar-refractivity contribution in [1.29, 1.82) is 0 Å². The molecule has 0 atom stereocenters. The van der Waals surface area contributed by atoms with Crippen molar-refractivity contribution in [2.24, 2.45) is 0 Å². The number of esters is 1. The van der Waals surface area contributed by atoms with Gasteiger partial charge >= 0.3 is 12.0 Å². The Kier molecular flexibility index (Phi) is 6.53. The molecule has 0 radical (unpaired) electrons. The number of rotatable bonds is 6. The predicted molar refractivity (Wildman–Crippen MR) is 104 cm³/mol. The number of urea groups is 1. The molecule has 1 heterocycles. The summed E-state index contributed by atoms with van der Waals surface area (Å²) in [4.78, 5) is 35.7. The van der Waals surface area contributed by atoms with Crippen molar-refractivity contribution in [2.75, 3.05) is 19.7 Å². The lowest BCUT2D eigenvalue weighted by atomic mass is 10.1. The largest absolute Gasteiger partial charge is 0.452 e. The van der Waals surface area contributed by atoms with Crippen molar-refractivity contribution < 1.29 is 27.5 Å². The second-order valence-electron chi connectivity index (χ2n) is 7.31. The van der Waals surface area contributed by atoms with Gasteiger partial charge in [-0.15, -0.1) is 0 Å². The van der Waals surface area contributed by atoms with Crippen LogP contribution in [0.1, 0.15) is 48.0 Å². The Balaban J connectivity index is 1.63. The topological polar surface area (TPSA) is 122 Å². The second kappa shape index (κ2) is 8.91. The zero-order valence-electron chi connectivity index (χ0n) is 16.3. The first kappa shape index (κ1) is 21.3. The third kappa shape index (κ3) is 5.54. The first-order valence-corrected chi connectivity index (χ1v) is 11.1. The summed E-state index contributed by atoms with van der Waals surface area (Å²) in [5.74, 6) is -1.58. The minimum atomic E-state index is -3.69. The maximum atomic E-state index is 12.8. The van der Waals surface area contributed by atoms with Gasteiger partial charge in [-0.2, -0.15) is 4.31 Å². The standard InChI is InChI=1S/C19H25N3O6S/c1-13-5-8-15(29(26,27)22-9-3-2-4-10-22)11-16(13)18(24)28-12-17(23)21-19(25)20-14-6-7-14/h5,8,11,14H,2-4,6-7,9-10,12H2,1H3,(H2,20,21,23,25). The fraction of sp³-hybridized carbons (Fsp3) is 0.526. The molecule has 29 heavy (non-hydrogen) atoms. The molecule has 10 heteroatoms. The molecule has 2 aliphatic rings. The highest BCUT2D eigenvalue weighted by atomic mass is 32.2. The third-order valence-electron chi connectivity index (χ3n) is 4.88. The van der Waals surface area contributed by atoms with Crippen molar-refractivity contribution in [3.63, 3.8) is 0 Å². The number of hydrogen-bond acceptors (Lipinski definition) is 6. The summed E-state index contributed by atoms with van der Waals surface area (Å²) in [5, 5.41) is 4.67. The van der Waals surface area contributed by atoms with E-state index in [2.05, 4.69) is 10.6 Å². The number of hydrogen-bond donors (Lipinski definition) is 2. The summed E-state index contributed by atoms with van der Waals surface area (Å²) in [6.45, 7) is 1.93. The molecule has 0 spiro atoms. The normalized spacial score (nSPS) is 17.4. The minimum Gasteiger partial charge on any atom is -0.452 e. The second-order valence-corrected chi connectivity index (χ2v) is 9.25. The maximum Gasteiger partial charge on any atom is 0.338 e. The van der Waals surface area contributed by atoms with Gasteiger partial charge in [-0.05, 0) is 50.3 Å². The van der Waals surface area contributed by atoms with Gasteiger partial charge in [0.15, 0.2) is 6.61 Å². The smallest absolute Gasteiger partial charge is 0.338 e.